The van der Waals surface area contributed by atoms with Crippen molar-refractivity contribution in [3.63, 3.8) is 0 Å². The molecule has 0 bridgehead atoms. The zero-order valence-corrected chi connectivity index (χ0v) is 11.3. The molecule has 0 aliphatic heterocycles. The SMILES string of the molecule is CC(C)(C)c1cc(O)cc2cccc(C3CC3)c12. The Hall–Kier alpha value is -1.50. The predicted molar refractivity (Wildman–Crippen MR) is 76.3 cm³/mol. The van der Waals surface area contributed by atoms with Crippen molar-refractivity contribution in [1.82, 2.24) is 0 Å². The van der Waals surface area contributed by atoms with E-state index in [-0.39, 0.29) is 5.41 Å². The summed E-state index contributed by atoms with van der Waals surface area (Å²) in [6.07, 6.45) is 2.62. The molecule has 0 aromatic heterocycles. The molecule has 1 fully saturated rings. The number of hydrogen-bond acceptors (Lipinski definition) is 1. The van der Waals surface area contributed by atoms with Crippen LogP contribution in [0.3, 0.4) is 0 Å². The van der Waals surface area contributed by atoms with Crippen molar-refractivity contribution in [3.05, 3.63) is 41.5 Å². The smallest absolute Gasteiger partial charge is 0.116 e. The molecular formula is C17H20O. The van der Waals surface area contributed by atoms with Crippen molar-refractivity contribution in [1.29, 1.82) is 0 Å². The molecule has 18 heavy (non-hydrogen) atoms. The van der Waals surface area contributed by atoms with Crippen LogP contribution in [0.15, 0.2) is 30.3 Å². The summed E-state index contributed by atoms with van der Waals surface area (Å²) in [6.45, 7) is 6.64. The summed E-state index contributed by atoms with van der Waals surface area (Å²) in [7, 11) is 0. The molecule has 3 rings (SSSR count). The van der Waals surface area contributed by atoms with Gasteiger partial charge in [-0.1, -0.05) is 39.0 Å². The minimum atomic E-state index is 0.0575. The van der Waals surface area contributed by atoms with E-state index in [1.54, 1.807) is 0 Å². The topological polar surface area (TPSA) is 20.2 Å². The summed E-state index contributed by atoms with van der Waals surface area (Å²) in [4.78, 5) is 0. The predicted octanol–water partition coefficient (Wildman–Crippen LogP) is 4.72. The molecule has 0 radical (unpaired) electrons. The lowest BCUT2D eigenvalue weighted by Crippen LogP contribution is -2.12. The Labute approximate surface area is 108 Å². The van der Waals surface area contributed by atoms with Crippen molar-refractivity contribution in [2.24, 2.45) is 0 Å². The summed E-state index contributed by atoms with van der Waals surface area (Å²) < 4.78 is 0. The average Bonchev–Trinajstić information content (AvgIpc) is 3.09. The van der Waals surface area contributed by atoms with Gasteiger partial charge in [-0.05, 0) is 58.2 Å². The molecule has 2 aromatic carbocycles. The third-order valence-electron chi connectivity index (χ3n) is 3.82. The highest BCUT2D eigenvalue weighted by Crippen LogP contribution is 2.46. The number of aromatic hydroxyl groups is 1. The van der Waals surface area contributed by atoms with Crippen LogP contribution in [-0.4, -0.2) is 5.11 Å². The normalized spacial score (nSPS) is 16.2. The summed E-state index contributed by atoms with van der Waals surface area (Å²) in [5.41, 5.74) is 2.79. The molecule has 94 valence electrons. The second-order valence-electron chi connectivity index (χ2n) is 6.46. The molecule has 1 aliphatic rings. The molecule has 1 N–H and O–H groups in total. The zero-order valence-electron chi connectivity index (χ0n) is 11.3. The minimum Gasteiger partial charge on any atom is -0.508 e. The van der Waals surface area contributed by atoms with E-state index in [0.717, 1.165) is 5.92 Å². The van der Waals surface area contributed by atoms with Crippen LogP contribution in [0, 0.1) is 0 Å². The molecule has 0 saturated heterocycles. The van der Waals surface area contributed by atoms with Gasteiger partial charge in [-0.15, -0.1) is 0 Å². The molecule has 0 spiro atoms. The van der Waals surface area contributed by atoms with Gasteiger partial charge in [-0.2, -0.15) is 0 Å². The van der Waals surface area contributed by atoms with Crippen molar-refractivity contribution in [2.75, 3.05) is 0 Å². The Morgan fingerprint density at radius 2 is 1.83 bits per heavy atom. The van der Waals surface area contributed by atoms with Gasteiger partial charge < -0.3 is 5.11 Å². The average molecular weight is 240 g/mol. The second-order valence-corrected chi connectivity index (χ2v) is 6.46. The molecule has 1 heteroatoms. The van der Waals surface area contributed by atoms with Gasteiger partial charge in [0.1, 0.15) is 5.75 Å². The van der Waals surface area contributed by atoms with Crippen LogP contribution in [0.1, 0.15) is 50.7 Å². The fourth-order valence-corrected chi connectivity index (χ4v) is 2.77. The first kappa shape index (κ1) is 11.6. The van der Waals surface area contributed by atoms with Crippen LogP contribution in [0.25, 0.3) is 10.8 Å². The maximum absolute atomic E-state index is 9.92. The van der Waals surface area contributed by atoms with Crippen molar-refractivity contribution in [2.45, 2.75) is 44.9 Å². The molecule has 0 atom stereocenters. The number of hydrogen-bond donors (Lipinski definition) is 1. The highest BCUT2D eigenvalue weighted by molar-refractivity contribution is 5.91. The van der Waals surface area contributed by atoms with Crippen LogP contribution in [0.2, 0.25) is 0 Å². The number of phenolic OH excluding ortho intramolecular Hbond substituents is 1. The van der Waals surface area contributed by atoms with Gasteiger partial charge in [0.05, 0.1) is 0 Å². The molecule has 1 aliphatic carbocycles. The Morgan fingerprint density at radius 1 is 1.11 bits per heavy atom. The number of benzene rings is 2. The van der Waals surface area contributed by atoms with Gasteiger partial charge in [0.15, 0.2) is 0 Å². The Balaban J connectivity index is 2.38. The lowest BCUT2D eigenvalue weighted by Gasteiger charge is -2.23. The largest absolute Gasteiger partial charge is 0.508 e. The maximum atomic E-state index is 9.92. The number of rotatable bonds is 1. The minimum absolute atomic E-state index is 0.0575. The third-order valence-corrected chi connectivity index (χ3v) is 3.82. The zero-order chi connectivity index (χ0) is 12.9. The van der Waals surface area contributed by atoms with Gasteiger partial charge in [0.2, 0.25) is 0 Å². The van der Waals surface area contributed by atoms with Crippen molar-refractivity contribution < 1.29 is 5.11 Å². The lowest BCUT2D eigenvalue weighted by molar-refractivity contribution is 0.472. The first-order valence-corrected chi connectivity index (χ1v) is 6.73. The van der Waals surface area contributed by atoms with Crippen molar-refractivity contribution in [3.8, 4) is 5.75 Å². The highest BCUT2D eigenvalue weighted by Gasteiger charge is 2.28. The van der Waals surface area contributed by atoms with Crippen LogP contribution in [0.5, 0.6) is 5.75 Å². The Kier molecular flexibility index (Phi) is 2.41. The molecular weight excluding hydrogens is 220 g/mol. The molecule has 0 heterocycles. The van der Waals surface area contributed by atoms with Gasteiger partial charge in [-0.25, -0.2) is 0 Å². The van der Waals surface area contributed by atoms with E-state index in [1.165, 1.54) is 34.7 Å². The summed E-state index contributed by atoms with van der Waals surface area (Å²) in [5.74, 6) is 1.11. The monoisotopic (exact) mass is 240 g/mol. The van der Waals surface area contributed by atoms with E-state index >= 15 is 0 Å². The lowest BCUT2D eigenvalue weighted by atomic mass is 9.81. The van der Waals surface area contributed by atoms with E-state index in [0.29, 0.717) is 5.75 Å². The fourth-order valence-electron chi connectivity index (χ4n) is 2.77. The fraction of sp³-hybridized carbons (Fsp3) is 0.412. The maximum Gasteiger partial charge on any atom is 0.116 e. The van der Waals surface area contributed by atoms with E-state index in [2.05, 4.69) is 39.0 Å². The molecule has 1 saturated carbocycles. The summed E-state index contributed by atoms with van der Waals surface area (Å²) in [6, 6.07) is 10.3. The van der Waals surface area contributed by atoms with Crippen LogP contribution >= 0.6 is 0 Å². The highest BCUT2D eigenvalue weighted by atomic mass is 16.3. The summed E-state index contributed by atoms with van der Waals surface area (Å²) in [5, 5.41) is 12.5. The Bertz CT molecular complexity index is 601. The summed E-state index contributed by atoms with van der Waals surface area (Å²) >= 11 is 0. The van der Waals surface area contributed by atoms with Gasteiger partial charge >= 0.3 is 0 Å². The second kappa shape index (κ2) is 3.74. The van der Waals surface area contributed by atoms with Gasteiger partial charge in [0.25, 0.3) is 0 Å². The standard InChI is InChI=1S/C17H20O/c1-17(2,3)15-10-13(18)9-12-5-4-6-14(16(12)15)11-7-8-11/h4-6,9-11,18H,7-8H2,1-3H3. The van der Waals surface area contributed by atoms with E-state index in [1.807, 2.05) is 12.1 Å². The van der Waals surface area contributed by atoms with Crippen molar-refractivity contribution >= 4 is 10.8 Å². The van der Waals surface area contributed by atoms with Crippen LogP contribution in [-0.2, 0) is 5.41 Å². The van der Waals surface area contributed by atoms with Gasteiger partial charge in [0, 0.05) is 0 Å². The van der Waals surface area contributed by atoms with E-state index < -0.39 is 0 Å². The van der Waals surface area contributed by atoms with Crippen LogP contribution in [0.4, 0.5) is 0 Å². The molecule has 2 aromatic rings. The molecule has 1 nitrogen and oxygen atoms in total. The van der Waals surface area contributed by atoms with E-state index in [9.17, 15) is 5.11 Å². The third kappa shape index (κ3) is 1.88. The van der Waals surface area contributed by atoms with Crippen LogP contribution < -0.4 is 0 Å². The first-order chi connectivity index (χ1) is 8.47. The Morgan fingerprint density at radius 3 is 2.44 bits per heavy atom. The molecule has 0 amide bonds. The number of fused-ring (bicyclic) bond motifs is 1. The first-order valence-electron chi connectivity index (χ1n) is 6.73. The molecule has 0 unspecified atom stereocenters. The quantitative estimate of drug-likeness (QED) is 0.764. The van der Waals surface area contributed by atoms with Gasteiger partial charge in [-0.3, -0.25) is 0 Å². The number of phenols is 1. The van der Waals surface area contributed by atoms with E-state index in [4.69, 9.17) is 0 Å².